The quantitative estimate of drug-likeness (QED) is 0.822. The minimum Gasteiger partial charge on any atom is -0.338 e. The van der Waals surface area contributed by atoms with Crippen molar-refractivity contribution in [2.24, 2.45) is 5.92 Å². The van der Waals surface area contributed by atoms with Gasteiger partial charge in [-0.2, -0.15) is 0 Å². The van der Waals surface area contributed by atoms with Gasteiger partial charge in [0.25, 0.3) is 5.91 Å². The predicted octanol–water partition coefficient (Wildman–Crippen LogP) is 4.13. The molecule has 1 heterocycles. The highest BCUT2D eigenvalue weighted by Gasteiger charge is 2.31. The van der Waals surface area contributed by atoms with E-state index >= 15 is 0 Å². The summed E-state index contributed by atoms with van der Waals surface area (Å²) in [7, 11) is 1.82. The monoisotopic (exact) mass is 364 g/mol. The number of nitrogens with zero attached hydrogens (tertiary/aromatic N) is 2. The third-order valence-corrected chi connectivity index (χ3v) is 5.28. The summed E-state index contributed by atoms with van der Waals surface area (Å²) >= 11 is 0. The van der Waals surface area contributed by atoms with Gasteiger partial charge in [0.1, 0.15) is 0 Å². The van der Waals surface area contributed by atoms with Crippen molar-refractivity contribution in [1.29, 1.82) is 0 Å². The summed E-state index contributed by atoms with van der Waals surface area (Å²) in [5, 5.41) is 0. The van der Waals surface area contributed by atoms with E-state index in [4.69, 9.17) is 0 Å². The highest BCUT2D eigenvalue weighted by Crippen LogP contribution is 2.24. The molecule has 0 spiro atoms. The van der Waals surface area contributed by atoms with Crippen LogP contribution < -0.4 is 4.90 Å². The Bertz CT molecular complexity index is 822. The Balaban J connectivity index is 1.72. The predicted molar refractivity (Wildman–Crippen MR) is 109 cm³/mol. The number of amides is 2. The van der Waals surface area contributed by atoms with E-state index in [1.165, 1.54) is 5.56 Å². The van der Waals surface area contributed by atoms with Crippen LogP contribution in [0.1, 0.15) is 39.9 Å². The summed E-state index contributed by atoms with van der Waals surface area (Å²) in [4.78, 5) is 29.5. The Morgan fingerprint density at radius 3 is 2.22 bits per heavy atom. The number of benzene rings is 2. The van der Waals surface area contributed by atoms with E-state index in [2.05, 4.69) is 6.07 Å². The first-order chi connectivity index (χ1) is 12.8. The molecule has 2 amide bonds. The molecule has 27 heavy (non-hydrogen) atoms. The largest absolute Gasteiger partial charge is 0.338 e. The van der Waals surface area contributed by atoms with Gasteiger partial charge in [0.05, 0.1) is 5.92 Å². The Kier molecular flexibility index (Phi) is 5.64. The fourth-order valence-electron chi connectivity index (χ4n) is 3.81. The number of hydrogen-bond acceptors (Lipinski definition) is 2. The molecule has 1 saturated heterocycles. The first kappa shape index (κ1) is 19.2. The van der Waals surface area contributed by atoms with Gasteiger partial charge in [-0.3, -0.25) is 9.59 Å². The van der Waals surface area contributed by atoms with E-state index < -0.39 is 0 Å². The van der Waals surface area contributed by atoms with Crippen LogP contribution in [0.15, 0.2) is 42.5 Å². The molecule has 4 heteroatoms. The Morgan fingerprint density at radius 2 is 1.59 bits per heavy atom. The molecule has 2 aromatic carbocycles. The van der Waals surface area contributed by atoms with Crippen molar-refractivity contribution in [3.05, 3.63) is 64.7 Å². The summed E-state index contributed by atoms with van der Waals surface area (Å²) in [6.07, 6.45) is 1.68. The zero-order valence-electron chi connectivity index (χ0n) is 16.7. The second-order valence-corrected chi connectivity index (χ2v) is 7.70. The fourth-order valence-corrected chi connectivity index (χ4v) is 3.81. The Labute approximate surface area is 161 Å². The smallest absolute Gasteiger partial charge is 0.253 e. The standard InChI is InChI=1S/C23H28N2O2/c1-16-7-9-21(10-8-16)24(4)22(26)19-6-5-11-25(15-19)23(27)20-13-17(2)12-18(3)14-20/h7-10,12-14,19H,5-6,11,15H2,1-4H3. The van der Waals surface area contributed by atoms with E-state index in [0.29, 0.717) is 18.7 Å². The summed E-state index contributed by atoms with van der Waals surface area (Å²) < 4.78 is 0. The lowest BCUT2D eigenvalue weighted by Gasteiger charge is -2.34. The summed E-state index contributed by atoms with van der Waals surface area (Å²) in [5.74, 6) is -0.0472. The Morgan fingerprint density at radius 1 is 0.963 bits per heavy atom. The molecule has 1 unspecified atom stereocenters. The molecule has 0 N–H and O–H groups in total. The van der Waals surface area contributed by atoms with Crippen molar-refractivity contribution >= 4 is 17.5 Å². The lowest BCUT2D eigenvalue weighted by molar-refractivity contribution is -0.123. The number of likely N-dealkylation sites (tertiary alicyclic amines) is 1. The molecule has 1 aliphatic rings. The van der Waals surface area contributed by atoms with Gasteiger partial charge in [0.15, 0.2) is 0 Å². The summed E-state index contributed by atoms with van der Waals surface area (Å²) in [6.45, 7) is 7.24. The Hall–Kier alpha value is -2.62. The molecule has 1 fully saturated rings. The first-order valence-electron chi connectivity index (χ1n) is 9.57. The molecule has 1 aliphatic heterocycles. The minimum atomic E-state index is -0.153. The number of aryl methyl sites for hydroxylation is 3. The highest BCUT2D eigenvalue weighted by molar-refractivity contribution is 5.97. The number of hydrogen-bond donors (Lipinski definition) is 0. The third kappa shape index (κ3) is 4.38. The van der Waals surface area contributed by atoms with Crippen LogP contribution in [-0.4, -0.2) is 36.9 Å². The molecule has 3 rings (SSSR count). The van der Waals surface area contributed by atoms with Crippen LogP contribution in [-0.2, 0) is 4.79 Å². The van der Waals surface area contributed by atoms with E-state index in [9.17, 15) is 9.59 Å². The van der Waals surface area contributed by atoms with Gasteiger partial charge in [-0.05, 0) is 57.9 Å². The van der Waals surface area contributed by atoms with Crippen LogP contribution in [0.5, 0.6) is 0 Å². The highest BCUT2D eigenvalue weighted by atomic mass is 16.2. The maximum atomic E-state index is 13.0. The number of anilines is 1. The van der Waals surface area contributed by atoms with Gasteiger partial charge in [-0.25, -0.2) is 0 Å². The second-order valence-electron chi connectivity index (χ2n) is 7.70. The zero-order chi connectivity index (χ0) is 19.6. The first-order valence-corrected chi connectivity index (χ1v) is 9.57. The minimum absolute atomic E-state index is 0.0253. The summed E-state index contributed by atoms with van der Waals surface area (Å²) in [6, 6.07) is 13.9. The normalized spacial score (nSPS) is 16.9. The maximum absolute atomic E-state index is 13.0. The maximum Gasteiger partial charge on any atom is 0.253 e. The topological polar surface area (TPSA) is 40.6 Å². The van der Waals surface area contributed by atoms with Gasteiger partial charge in [0, 0.05) is 31.4 Å². The number of carbonyl (C=O) groups is 2. The molecular formula is C23H28N2O2. The zero-order valence-corrected chi connectivity index (χ0v) is 16.7. The van der Waals surface area contributed by atoms with Crippen LogP contribution >= 0.6 is 0 Å². The fraction of sp³-hybridized carbons (Fsp3) is 0.391. The van der Waals surface area contributed by atoms with Crippen molar-refractivity contribution in [3.63, 3.8) is 0 Å². The van der Waals surface area contributed by atoms with Crippen LogP contribution in [0.2, 0.25) is 0 Å². The molecule has 1 atom stereocenters. The summed E-state index contributed by atoms with van der Waals surface area (Å²) in [5.41, 5.74) is 4.95. The van der Waals surface area contributed by atoms with Crippen LogP contribution in [0, 0.1) is 26.7 Å². The van der Waals surface area contributed by atoms with Crippen LogP contribution in [0.25, 0.3) is 0 Å². The lowest BCUT2D eigenvalue weighted by atomic mass is 9.95. The molecule has 4 nitrogen and oxygen atoms in total. The van der Waals surface area contributed by atoms with Crippen molar-refractivity contribution < 1.29 is 9.59 Å². The molecular weight excluding hydrogens is 336 g/mol. The number of rotatable bonds is 3. The average Bonchev–Trinajstić information content (AvgIpc) is 2.66. The average molecular weight is 364 g/mol. The SMILES string of the molecule is Cc1ccc(N(C)C(=O)C2CCCN(C(=O)c3cc(C)cc(C)c3)C2)cc1. The molecule has 2 aromatic rings. The van der Waals surface area contributed by atoms with Gasteiger partial charge in [0.2, 0.25) is 5.91 Å². The van der Waals surface area contributed by atoms with E-state index in [0.717, 1.165) is 29.7 Å². The van der Waals surface area contributed by atoms with Gasteiger partial charge < -0.3 is 9.80 Å². The lowest BCUT2D eigenvalue weighted by Crippen LogP contribution is -2.46. The molecule has 142 valence electrons. The molecule has 0 aromatic heterocycles. The molecule has 0 aliphatic carbocycles. The molecule has 0 saturated carbocycles. The molecule has 0 bridgehead atoms. The number of carbonyl (C=O) groups excluding carboxylic acids is 2. The van der Waals surface area contributed by atoms with E-state index in [-0.39, 0.29) is 17.7 Å². The van der Waals surface area contributed by atoms with Gasteiger partial charge in [-0.1, -0.05) is 34.9 Å². The van der Waals surface area contributed by atoms with Crippen molar-refractivity contribution in [3.8, 4) is 0 Å². The number of piperidine rings is 1. The van der Waals surface area contributed by atoms with Crippen molar-refractivity contribution in [1.82, 2.24) is 4.90 Å². The van der Waals surface area contributed by atoms with E-state index in [1.54, 1.807) is 4.90 Å². The molecule has 0 radical (unpaired) electrons. The van der Waals surface area contributed by atoms with Gasteiger partial charge >= 0.3 is 0 Å². The van der Waals surface area contributed by atoms with Gasteiger partial charge in [-0.15, -0.1) is 0 Å². The van der Waals surface area contributed by atoms with Crippen molar-refractivity contribution in [2.75, 3.05) is 25.0 Å². The van der Waals surface area contributed by atoms with Crippen LogP contribution in [0.4, 0.5) is 5.69 Å². The van der Waals surface area contributed by atoms with E-state index in [1.807, 2.05) is 69.1 Å². The van der Waals surface area contributed by atoms with Crippen molar-refractivity contribution in [2.45, 2.75) is 33.6 Å². The second kappa shape index (κ2) is 7.95. The third-order valence-electron chi connectivity index (χ3n) is 5.28. The van der Waals surface area contributed by atoms with Crippen LogP contribution in [0.3, 0.4) is 0 Å².